The average molecular weight is 346 g/mol. The minimum absolute atomic E-state index is 0.0893. The van der Waals surface area contributed by atoms with E-state index >= 15 is 0 Å². The molecule has 2 amide bonds. The summed E-state index contributed by atoms with van der Waals surface area (Å²) in [6.07, 6.45) is 3.08. The summed E-state index contributed by atoms with van der Waals surface area (Å²) in [6, 6.07) is 3.36. The molecule has 5 nitrogen and oxygen atoms in total. The minimum Gasteiger partial charge on any atom is -0.386 e. The van der Waals surface area contributed by atoms with Crippen LogP contribution in [0, 0.1) is 0 Å². The smallest absolute Gasteiger partial charge is 0.315 e. The predicted octanol–water partition coefficient (Wildman–Crippen LogP) is 2.61. The van der Waals surface area contributed by atoms with Crippen molar-refractivity contribution in [2.24, 2.45) is 0 Å². The second-order valence-corrected chi connectivity index (χ2v) is 7.52. The van der Waals surface area contributed by atoms with Gasteiger partial charge in [0.05, 0.1) is 10.9 Å². The molecular formula is C15H24ClN3O2S. The number of hydrogen-bond donors (Lipinski definition) is 3. The number of halogens is 1. The van der Waals surface area contributed by atoms with Gasteiger partial charge in [0.2, 0.25) is 0 Å². The number of carbonyl (C=O) groups excluding carboxylic acids is 1. The maximum absolute atomic E-state index is 11.9. The standard InChI is InChI=1S/C15H24ClN3O2S/c1-11(10-19-7-3-2-4-8-19)18-15(21)17-9-12(20)13-5-6-14(16)22-13/h5-6,11-12,20H,2-4,7-10H2,1H3,(H2,17,18,21)/t11-,12-/m1/s1. The number of carbonyl (C=O) groups is 1. The van der Waals surface area contributed by atoms with Crippen LogP contribution in [0.3, 0.4) is 0 Å². The molecule has 1 aliphatic heterocycles. The summed E-state index contributed by atoms with van der Waals surface area (Å²) in [5, 5.41) is 15.6. The number of nitrogens with zero attached hydrogens (tertiary/aromatic N) is 1. The van der Waals surface area contributed by atoms with Crippen molar-refractivity contribution in [1.29, 1.82) is 0 Å². The SMILES string of the molecule is C[C@H](CN1CCCCC1)NC(=O)NC[C@@H](O)c1ccc(Cl)s1. The molecule has 3 N–H and O–H groups in total. The van der Waals surface area contributed by atoms with Crippen LogP contribution < -0.4 is 10.6 Å². The number of aliphatic hydroxyl groups excluding tert-OH is 1. The highest BCUT2D eigenvalue weighted by Gasteiger charge is 2.16. The van der Waals surface area contributed by atoms with E-state index in [1.807, 2.05) is 6.92 Å². The molecule has 0 aromatic carbocycles. The quantitative estimate of drug-likeness (QED) is 0.742. The summed E-state index contributed by atoms with van der Waals surface area (Å²) in [5.74, 6) is 0. The Hall–Kier alpha value is -0.820. The molecule has 1 fully saturated rings. The van der Waals surface area contributed by atoms with Crippen LogP contribution in [0.5, 0.6) is 0 Å². The van der Waals surface area contributed by atoms with E-state index in [4.69, 9.17) is 11.6 Å². The van der Waals surface area contributed by atoms with Gasteiger partial charge < -0.3 is 20.6 Å². The van der Waals surface area contributed by atoms with Gasteiger partial charge in [0.25, 0.3) is 0 Å². The normalized spacial score (nSPS) is 18.7. The molecule has 124 valence electrons. The summed E-state index contributed by atoms with van der Waals surface area (Å²) in [4.78, 5) is 15.0. The third-order valence-electron chi connectivity index (χ3n) is 3.74. The summed E-state index contributed by atoms with van der Waals surface area (Å²) >= 11 is 7.15. The number of aliphatic hydroxyl groups is 1. The topological polar surface area (TPSA) is 64.6 Å². The lowest BCUT2D eigenvalue weighted by Gasteiger charge is -2.29. The van der Waals surface area contributed by atoms with Crippen LogP contribution in [0.15, 0.2) is 12.1 Å². The summed E-state index contributed by atoms with van der Waals surface area (Å²) < 4.78 is 0.633. The van der Waals surface area contributed by atoms with Crippen molar-refractivity contribution in [3.63, 3.8) is 0 Å². The molecule has 1 aromatic heterocycles. The van der Waals surface area contributed by atoms with E-state index in [1.165, 1.54) is 30.6 Å². The maximum Gasteiger partial charge on any atom is 0.315 e. The van der Waals surface area contributed by atoms with E-state index in [-0.39, 0.29) is 18.6 Å². The summed E-state index contributed by atoms with van der Waals surface area (Å²) in [6.45, 7) is 5.29. The van der Waals surface area contributed by atoms with Gasteiger partial charge >= 0.3 is 6.03 Å². The molecule has 7 heteroatoms. The van der Waals surface area contributed by atoms with E-state index in [1.54, 1.807) is 12.1 Å². The molecule has 2 atom stereocenters. The second kappa shape index (κ2) is 8.72. The number of likely N-dealkylation sites (tertiary alicyclic amines) is 1. The Kier molecular flexibility index (Phi) is 6.95. The third kappa shape index (κ3) is 5.76. The zero-order valence-electron chi connectivity index (χ0n) is 12.8. The van der Waals surface area contributed by atoms with Crippen LogP contribution in [0.1, 0.15) is 37.2 Å². The van der Waals surface area contributed by atoms with Crippen molar-refractivity contribution in [2.45, 2.75) is 38.3 Å². The molecule has 1 aromatic rings. The van der Waals surface area contributed by atoms with Gasteiger partial charge in [0.15, 0.2) is 0 Å². The maximum atomic E-state index is 11.9. The van der Waals surface area contributed by atoms with E-state index in [2.05, 4.69) is 15.5 Å². The van der Waals surface area contributed by atoms with Crippen LogP contribution in [0.2, 0.25) is 4.34 Å². The second-order valence-electron chi connectivity index (χ2n) is 5.77. The fraction of sp³-hybridized carbons (Fsp3) is 0.667. The van der Waals surface area contributed by atoms with Crippen LogP contribution in [0.4, 0.5) is 4.79 Å². The third-order valence-corrected chi connectivity index (χ3v) is 5.07. The Bertz CT molecular complexity index is 477. The lowest BCUT2D eigenvalue weighted by atomic mass is 10.1. The first-order valence-corrected chi connectivity index (χ1v) is 8.94. The van der Waals surface area contributed by atoms with Crippen LogP contribution in [0.25, 0.3) is 0 Å². The Morgan fingerprint density at radius 1 is 1.41 bits per heavy atom. The van der Waals surface area contributed by atoms with Crippen LogP contribution in [-0.4, -0.2) is 48.3 Å². The Morgan fingerprint density at radius 3 is 2.77 bits per heavy atom. The minimum atomic E-state index is -0.722. The zero-order valence-corrected chi connectivity index (χ0v) is 14.4. The van der Waals surface area contributed by atoms with Gasteiger partial charge in [0.1, 0.15) is 6.10 Å². The van der Waals surface area contributed by atoms with Crippen molar-refractivity contribution >= 4 is 29.0 Å². The largest absolute Gasteiger partial charge is 0.386 e. The van der Waals surface area contributed by atoms with Gasteiger partial charge in [-0.3, -0.25) is 0 Å². The number of hydrogen-bond acceptors (Lipinski definition) is 4. The van der Waals surface area contributed by atoms with Gasteiger partial charge in [0, 0.05) is 17.5 Å². The molecule has 22 heavy (non-hydrogen) atoms. The van der Waals surface area contributed by atoms with Gasteiger partial charge in [-0.15, -0.1) is 11.3 Å². The molecular weight excluding hydrogens is 322 g/mol. The number of rotatable bonds is 6. The number of urea groups is 1. The molecule has 2 rings (SSSR count). The first kappa shape index (κ1) is 17.5. The highest BCUT2D eigenvalue weighted by Crippen LogP contribution is 2.26. The van der Waals surface area contributed by atoms with Crippen molar-refractivity contribution in [1.82, 2.24) is 15.5 Å². The van der Waals surface area contributed by atoms with Crippen LogP contribution >= 0.6 is 22.9 Å². The Morgan fingerprint density at radius 2 is 2.14 bits per heavy atom. The van der Waals surface area contributed by atoms with E-state index in [0.29, 0.717) is 4.34 Å². The van der Waals surface area contributed by atoms with Gasteiger partial charge in [-0.1, -0.05) is 18.0 Å². The highest BCUT2D eigenvalue weighted by molar-refractivity contribution is 7.16. The molecule has 0 saturated carbocycles. The Balaban J connectivity index is 1.66. The number of piperidine rings is 1. The molecule has 1 aliphatic rings. The lowest BCUT2D eigenvalue weighted by Crippen LogP contribution is -2.47. The summed E-state index contributed by atoms with van der Waals surface area (Å²) in [7, 11) is 0. The molecule has 0 aliphatic carbocycles. The van der Waals surface area contributed by atoms with E-state index in [0.717, 1.165) is 24.5 Å². The molecule has 0 bridgehead atoms. The zero-order chi connectivity index (χ0) is 15.9. The van der Waals surface area contributed by atoms with E-state index < -0.39 is 6.10 Å². The molecule has 0 spiro atoms. The first-order valence-electron chi connectivity index (χ1n) is 7.74. The molecule has 0 unspecified atom stereocenters. The lowest BCUT2D eigenvalue weighted by molar-refractivity contribution is 0.173. The molecule has 1 saturated heterocycles. The van der Waals surface area contributed by atoms with Gasteiger partial charge in [-0.2, -0.15) is 0 Å². The monoisotopic (exact) mass is 345 g/mol. The van der Waals surface area contributed by atoms with Crippen molar-refractivity contribution < 1.29 is 9.90 Å². The predicted molar refractivity (Wildman–Crippen MR) is 90.6 cm³/mol. The average Bonchev–Trinajstić information content (AvgIpc) is 2.92. The van der Waals surface area contributed by atoms with Gasteiger partial charge in [-0.05, 0) is 45.0 Å². The first-order chi connectivity index (χ1) is 10.5. The van der Waals surface area contributed by atoms with Crippen molar-refractivity contribution in [3.8, 4) is 0 Å². The van der Waals surface area contributed by atoms with Crippen LogP contribution in [-0.2, 0) is 0 Å². The van der Waals surface area contributed by atoms with E-state index in [9.17, 15) is 9.90 Å². The molecule has 2 heterocycles. The highest BCUT2D eigenvalue weighted by atomic mass is 35.5. The van der Waals surface area contributed by atoms with Crippen molar-refractivity contribution in [2.75, 3.05) is 26.2 Å². The Labute approximate surface area is 140 Å². The number of nitrogens with one attached hydrogen (secondary N) is 2. The summed E-state index contributed by atoms with van der Waals surface area (Å²) in [5.41, 5.74) is 0. The number of thiophene rings is 1. The fourth-order valence-corrected chi connectivity index (χ4v) is 3.69. The van der Waals surface area contributed by atoms with Gasteiger partial charge in [-0.25, -0.2) is 4.79 Å². The molecule has 0 radical (unpaired) electrons. The number of amides is 2. The van der Waals surface area contributed by atoms with Crippen molar-refractivity contribution in [3.05, 3.63) is 21.3 Å². The fourth-order valence-electron chi connectivity index (χ4n) is 2.65.